The molecule has 0 saturated carbocycles. The van der Waals surface area contributed by atoms with E-state index in [1.165, 1.54) is 34.6 Å². The average Bonchev–Trinajstić information content (AvgIpc) is 2.69. The van der Waals surface area contributed by atoms with E-state index in [9.17, 15) is 4.79 Å². The number of hydrogen-bond acceptors (Lipinski definition) is 4. The summed E-state index contributed by atoms with van der Waals surface area (Å²) < 4.78 is 0. The van der Waals surface area contributed by atoms with E-state index in [0.29, 0.717) is 10.8 Å². The number of rotatable bonds is 6. The lowest BCUT2D eigenvalue weighted by Crippen LogP contribution is -2.15. The molecule has 0 saturated heterocycles. The molecular formula is C21H20ClN3OS. The molecule has 0 aliphatic heterocycles. The van der Waals surface area contributed by atoms with Crippen LogP contribution < -0.4 is 5.32 Å². The van der Waals surface area contributed by atoms with Gasteiger partial charge in [-0.05, 0) is 36.6 Å². The molecule has 1 amide bonds. The van der Waals surface area contributed by atoms with Gasteiger partial charge in [0.05, 0.1) is 11.2 Å². The summed E-state index contributed by atoms with van der Waals surface area (Å²) in [6, 6.07) is 16.0. The normalized spacial score (nSPS) is 10.6. The molecule has 0 aliphatic rings. The van der Waals surface area contributed by atoms with Crippen molar-refractivity contribution in [1.29, 1.82) is 0 Å². The molecule has 0 bridgehead atoms. The molecule has 0 fully saturated rings. The third-order valence-corrected chi connectivity index (χ3v) is 5.25. The van der Waals surface area contributed by atoms with Gasteiger partial charge in [0.1, 0.15) is 0 Å². The van der Waals surface area contributed by atoms with Gasteiger partial charge < -0.3 is 5.32 Å². The highest BCUT2D eigenvalue weighted by atomic mass is 35.5. The summed E-state index contributed by atoms with van der Waals surface area (Å²) in [6.07, 6.45) is 2.43. The lowest BCUT2D eigenvalue weighted by Gasteiger charge is -2.08. The molecule has 1 heterocycles. The molecule has 0 atom stereocenters. The van der Waals surface area contributed by atoms with Crippen LogP contribution in [0.3, 0.4) is 0 Å². The van der Waals surface area contributed by atoms with E-state index in [4.69, 9.17) is 11.6 Å². The van der Waals surface area contributed by atoms with Gasteiger partial charge in [0.25, 0.3) is 5.91 Å². The van der Waals surface area contributed by atoms with Gasteiger partial charge in [-0.25, -0.2) is 9.97 Å². The maximum absolute atomic E-state index is 12.6. The fourth-order valence-corrected chi connectivity index (χ4v) is 3.37. The van der Waals surface area contributed by atoms with Crippen LogP contribution in [-0.2, 0) is 12.2 Å². The Hall–Kier alpha value is -2.37. The summed E-state index contributed by atoms with van der Waals surface area (Å²) in [5.74, 6) is 0.380. The first-order valence-electron chi connectivity index (χ1n) is 8.66. The zero-order valence-corrected chi connectivity index (χ0v) is 16.8. The fraction of sp³-hybridized carbons (Fsp3) is 0.190. The first-order chi connectivity index (χ1) is 13.0. The molecule has 1 aromatic heterocycles. The molecule has 3 aromatic rings. The Bertz CT molecular complexity index is 927. The second kappa shape index (κ2) is 9.02. The molecule has 1 N–H and O–H groups in total. The topological polar surface area (TPSA) is 54.9 Å². The van der Waals surface area contributed by atoms with Crippen molar-refractivity contribution in [3.8, 4) is 0 Å². The summed E-state index contributed by atoms with van der Waals surface area (Å²) in [6.45, 7) is 4.14. The standard InChI is InChI=1S/C21H20ClN3OS/c1-3-15-8-10-17(11-9-15)24-20(26)19-18(22)12-23-21(25-19)27-13-16-6-4-14(2)5-7-16/h4-12H,3,13H2,1-2H3,(H,24,26). The van der Waals surface area contributed by atoms with Crippen molar-refractivity contribution in [2.24, 2.45) is 0 Å². The molecule has 0 radical (unpaired) electrons. The van der Waals surface area contributed by atoms with E-state index < -0.39 is 0 Å². The molecule has 0 spiro atoms. The fourth-order valence-electron chi connectivity index (χ4n) is 2.43. The van der Waals surface area contributed by atoms with Crippen LogP contribution in [0.5, 0.6) is 0 Å². The van der Waals surface area contributed by atoms with E-state index >= 15 is 0 Å². The minimum absolute atomic E-state index is 0.178. The maximum Gasteiger partial charge on any atom is 0.275 e. The van der Waals surface area contributed by atoms with E-state index in [0.717, 1.165) is 12.2 Å². The summed E-state index contributed by atoms with van der Waals surface area (Å²) in [4.78, 5) is 21.1. The number of thioether (sulfide) groups is 1. The van der Waals surface area contributed by atoms with Crippen LogP contribution >= 0.6 is 23.4 Å². The van der Waals surface area contributed by atoms with Crippen molar-refractivity contribution >= 4 is 35.0 Å². The predicted octanol–water partition coefficient (Wildman–Crippen LogP) is 5.55. The summed E-state index contributed by atoms with van der Waals surface area (Å²) in [5.41, 5.74) is 4.49. The van der Waals surface area contributed by atoms with Crippen molar-refractivity contribution < 1.29 is 4.79 Å². The zero-order chi connectivity index (χ0) is 19.2. The number of aromatic nitrogens is 2. The van der Waals surface area contributed by atoms with Gasteiger partial charge in [-0.2, -0.15) is 0 Å². The van der Waals surface area contributed by atoms with Crippen molar-refractivity contribution in [2.45, 2.75) is 31.2 Å². The highest BCUT2D eigenvalue weighted by Crippen LogP contribution is 2.23. The largest absolute Gasteiger partial charge is 0.321 e. The van der Waals surface area contributed by atoms with Crippen LogP contribution in [0.4, 0.5) is 5.69 Å². The van der Waals surface area contributed by atoms with Gasteiger partial charge in [0, 0.05) is 11.4 Å². The maximum atomic E-state index is 12.6. The van der Waals surface area contributed by atoms with Crippen LogP contribution in [0.25, 0.3) is 0 Å². The molecule has 2 aromatic carbocycles. The van der Waals surface area contributed by atoms with Crippen LogP contribution in [-0.4, -0.2) is 15.9 Å². The number of nitrogens with zero attached hydrogens (tertiary/aromatic N) is 2. The molecule has 4 nitrogen and oxygen atoms in total. The number of aryl methyl sites for hydroxylation is 2. The number of anilines is 1. The SMILES string of the molecule is CCc1ccc(NC(=O)c2nc(SCc3ccc(C)cc3)ncc2Cl)cc1. The van der Waals surface area contributed by atoms with Crippen LogP contribution in [0.2, 0.25) is 5.02 Å². The monoisotopic (exact) mass is 397 g/mol. The van der Waals surface area contributed by atoms with Crippen LogP contribution in [0.1, 0.15) is 34.1 Å². The Morgan fingerprint density at radius 3 is 2.41 bits per heavy atom. The second-order valence-corrected chi connectivity index (χ2v) is 7.48. The lowest BCUT2D eigenvalue weighted by molar-refractivity contribution is 0.102. The average molecular weight is 398 g/mol. The Labute approximate surface area is 168 Å². The van der Waals surface area contributed by atoms with Crippen molar-refractivity contribution in [1.82, 2.24) is 9.97 Å². The van der Waals surface area contributed by atoms with E-state index in [1.807, 2.05) is 24.3 Å². The lowest BCUT2D eigenvalue weighted by atomic mass is 10.1. The van der Waals surface area contributed by atoms with Crippen LogP contribution in [0, 0.1) is 6.92 Å². The number of carbonyl (C=O) groups excluding carboxylic acids is 1. The Morgan fingerprint density at radius 2 is 1.74 bits per heavy atom. The highest BCUT2D eigenvalue weighted by Gasteiger charge is 2.15. The van der Waals surface area contributed by atoms with E-state index in [2.05, 4.69) is 53.4 Å². The molecule has 138 valence electrons. The van der Waals surface area contributed by atoms with Crippen molar-refractivity contribution in [2.75, 3.05) is 5.32 Å². The minimum atomic E-state index is -0.344. The van der Waals surface area contributed by atoms with Gasteiger partial charge in [0.15, 0.2) is 10.9 Å². The van der Waals surface area contributed by atoms with Crippen molar-refractivity contribution in [3.63, 3.8) is 0 Å². The molecule has 27 heavy (non-hydrogen) atoms. The molecular weight excluding hydrogens is 378 g/mol. The van der Waals surface area contributed by atoms with Gasteiger partial charge in [-0.1, -0.05) is 72.2 Å². The zero-order valence-electron chi connectivity index (χ0n) is 15.2. The number of amides is 1. The number of nitrogens with one attached hydrogen (secondary N) is 1. The minimum Gasteiger partial charge on any atom is -0.321 e. The molecule has 0 aliphatic carbocycles. The van der Waals surface area contributed by atoms with Gasteiger partial charge in [-0.3, -0.25) is 4.79 Å². The third kappa shape index (κ3) is 5.31. The number of benzene rings is 2. The predicted molar refractivity (Wildman–Crippen MR) is 112 cm³/mol. The first kappa shape index (κ1) is 19.4. The van der Waals surface area contributed by atoms with E-state index in [1.54, 1.807) is 0 Å². The van der Waals surface area contributed by atoms with Gasteiger partial charge >= 0.3 is 0 Å². The Morgan fingerprint density at radius 1 is 1.07 bits per heavy atom. The first-order valence-corrected chi connectivity index (χ1v) is 10.0. The summed E-state index contributed by atoms with van der Waals surface area (Å²) >= 11 is 7.61. The second-order valence-electron chi connectivity index (χ2n) is 6.13. The van der Waals surface area contributed by atoms with E-state index in [-0.39, 0.29) is 16.6 Å². The molecule has 6 heteroatoms. The smallest absolute Gasteiger partial charge is 0.275 e. The third-order valence-electron chi connectivity index (χ3n) is 4.05. The highest BCUT2D eigenvalue weighted by molar-refractivity contribution is 7.98. The van der Waals surface area contributed by atoms with Gasteiger partial charge in [-0.15, -0.1) is 0 Å². The number of hydrogen-bond donors (Lipinski definition) is 1. The summed E-state index contributed by atoms with van der Waals surface area (Å²) in [5, 5.41) is 3.59. The number of carbonyl (C=O) groups is 1. The van der Waals surface area contributed by atoms with Crippen molar-refractivity contribution in [3.05, 3.63) is 82.1 Å². The molecule has 3 rings (SSSR count). The molecule has 0 unspecified atom stereocenters. The Kier molecular flexibility index (Phi) is 6.48. The quantitative estimate of drug-likeness (QED) is 0.438. The Balaban J connectivity index is 1.69. The summed E-state index contributed by atoms with van der Waals surface area (Å²) in [7, 11) is 0. The van der Waals surface area contributed by atoms with Gasteiger partial charge in [0.2, 0.25) is 0 Å². The number of halogens is 1. The van der Waals surface area contributed by atoms with Crippen LogP contribution in [0.15, 0.2) is 59.9 Å².